The monoisotopic (exact) mass is 194 g/mol. The van der Waals surface area contributed by atoms with Crippen molar-refractivity contribution in [1.82, 2.24) is 4.98 Å². The quantitative estimate of drug-likeness (QED) is 0.727. The number of aryl methyl sites for hydroxylation is 1. The van der Waals surface area contributed by atoms with Crippen molar-refractivity contribution in [2.75, 3.05) is 0 Å². The zero-order chi connectivity index (χ0) is 10.4. The third kappa shape index (κ3) is 3.53. The zero-order valence-corrected chi connectivity index (χ0v) is 7.89. The molecule has 1 aromatic rings. The summed E-state index contributed by atoms with van der Waals surface area (Å²) in [5.74, 6) is -0.939. The van der Waals surface area contributed by atoms with Crippen LogP contribution in [0.4, 0.5) is 0 Å². The molecule has 4 heteroatoms. The summed E-state index contributed by atoms with van der Waals surface area (Å²) in [4.78, 5) is 14.5. The van der Waals surface area contributed by atoms with Gasteiger partial charge in [-0.2, -0.15) is 0 Å². The Balaban J connectivity index is 2.26. The van der Waals surface area contributed by atoms with Crippen molar-refractivity contribution in [2.24, 2.45) is 5.73 Å². The predicted octanol–water partition coefficient (Wildman–Crippen LogP) is 0.816. The molecule has 76 valence electrons. The highest BCUT2D eigenvalue weighted by molar-refractivity contribution is 5.72. The fourth-order valence-corrected chi connectivity index (χ4v) is 1.17. The second kappa shape index (κ2) is 5.34. The van der Waals surface area contributed by atoms with E-state index < -0.39 is 12.0 Å². The van der Waals surface area contributed by atoms with Crippen molar-refractivity contribution in [1.29, 1.82) is 0 Å². The standard InChI is InChI=1S/C10H14N2O2/c11-9(10(13)14)6-3-5-8-4-1-2-7-12-8/h1-2,4,7,9H,3,5-6,11H2,(H,13,14)/t9-/m0/s1. The van der Waals surface area contributed by atoms with Crippen LogP contribution in [0.1, 0.15) is 18.5 Å². The van der Waals surface area contributed by atoms with Crippen LogP contribution in [0.5, 0.6) is 0 Å². The van der Waals surface area contributed by atoms with E-state index in [1.807, 2.05) is 18.2 Å². The van der Waals surface area contributed by atoms with Crippen LogP contribution in [-0.4, -0.2) is 22.1 Å². The smallest absolute Gasteiger partial charge is 0.320 e. The average molecular weight is 194 g/mol. The summed E-state index contributed by atoms with van der Waals surface area (Å²) in [6, 6.07) is 4.94. The number of aromatic nitrogens is 1. The fraction of sp³-hybridized carbons (Fsp3) is 0.400. The van der Waals surface area contributed by atoms with Gasteiger partial charge >= 0.3 is 5.97 Å². The van der Waals surface area contributed by atoms with Gasteiger partial charge in [0.15, 0.2) is 0 Å². The van der Waals surface area contributed by atoms with E-state index in [0.29, 0.717) is 6.42 Å². The summed E-state index contributed by atoms with van der Waals surface area (Å²) in [6.45, 7) is 0. The summed E-state index contributed by atoms with van der Waals surface area (Å²) >= 11 is 0. The maximum atomic E-state index is 10.4. The minimum Gasteiger partial charge on any atom is -0.480 e. The normalized spacial score (nSPS) is 12.4. The lowest BCUT2D eigenvalue weighted by Gasteiger charge is -2.04. The van der Waals surface area contributed by atoms with Crippen LogP contribution in [0, 0.1) is 0 Å². The lowest BCUT2D eigenvalue weighted by atomic mass is 10.1. The number of carboxylic acids is 1. The molecule has 0 saturated heterocycles. The van der Waals surface area contributed by atoms with Gasteiger partial charge in [0.05, 0.1) is 0 Å². The van der Waals surface area contributed by atoms with Crippen molar-refractivity contribution in [3.63, 3.8) is 0 Å². The number of carboxylic acid groups (broad SMARTS) is 1. The Morgan fingerprint density at radius 3 is 2.93 bits per heavy atom. The first-order chi connectivity index (χ1) is 6.70. The molecule has 0 aromatic carbocycles. The van der Waals surface area contributed by atoms with E-state index in [0.717, 1.165) is 18.5 Å². The molecule has 0 aliphatic heterocycles. The lowest BCUT2D eigenvalue weighted by Crippen LogP contribution is -2.29. The van der Waals surface area contributed by atoms with Crippen molar-refractivity contribution < 1.29 is 9.90 Å². The van der Waals surface area contributed by atoms with Gasteiger partial charge in [-0.1, -0.05) is 6.07 Å². The number of pyridine rings is 1. The molecule has 0 spiro atoms. The Bertz CT molecular complexity index is 287. The third-order valence-electron chi connectivity index (χ3n) is 1.99. The van der Waals surface area contributed by atoms with Crippen LogP contribution in [0.3, 0.4) is 0 Å². The molecule has 1 atom stereocenters. The molecule has 0 aliphatic rings. The zero-order valence-electron chi connectivity index (χ0n) is 7.89. The number of hydrogen-bond acceptors (Lipinski definition) is 3. The van der Waals surface area contributed by atoms with E-state index in [1.165, 1.54) is 0 Å². The first-order valence-corrected chi connectivity index (χ1v) is 4.58. The lowest BCUT2D eigenvalue weighted by molar-refractivity contribution is -0.138. The largest absolute Gasteiger partial charge is 0.480 e. The Morgan fingerprint density at radius 2 is 2.36 bits per heavy atom. The van der Waals surface area contributed by atoms with Gasteiger partial charge in [-0.15, -0.1) is 0 Å². The molecule has 0 bridgehead atoms. The van der Waals surface area contributed by atoms with Crippen molar-refractivity contribution in [3.8, 4) is 0 Å². The molecule has 3 N–H and O–H groups in total. The van der Waals surface area contributed by atoms with Crippen LogP contribution in [0.2, 0.25) is 0 Å². The minimum absolute atomic E-state index is 0.492. The molecule has 0 fully saturated rings. The minimum atomic E-state index is -0.939. The topological polar surface area (TPSA) is 76.2 Å². The second-order valence-corrected chi connectivity index (χ2v) is 3.16. The summed E-state index contributed by atoms with van der Waals surface area (Å²) < 4.78 is 0. The Morgan fingerprint density at radius 1 is 1.57 bits per heavy atom. The molecule has 0 amide bonds. The van der Waals surface area contributed by atoms with E-state index in [4.69, 9.17) is 10.8 Å². The van der Waals surface area contributed by atoms with E-state index in [9.17, 15) is 4.79 Å². The number of nitrogens with two attached hydrogens (primary N) is 1. The second-order valence-electron chi connectivity index (χ2n) is 3.16. The maximum absolute atomic E-state index is 10.4. The van der Waals surface area contributed by atoms with E-state index in [-0.39, 0.29) is 0 Å². The molecule has 0 saturated carbocycles. The van der Waals surface area contributed by atoms with E-state index in [2.05, 4.69) is 4.98 Å². The Labute approximate surface area is 82.8 Å². The van der Waals surface area contributed by atoms with Crippen LogP contribution in [0.15, 0.2) is 24.4 Å². The molecular formula is C10H14N2O2. The van der Waals surface area contributed by atoms with Crippen LogP contribution in [-0.2, 0) is 11.2 Å². The highest BCUT2D eigenvalue weighted by Crippen LogP contribution is 2.02. The number of aliphatic carboxylic acids is 1. The van der Waals surface area contributed by atoms with Gasteiger partial charge < -0.3 is 10.8 Å². The number of hydrogen-bond donors (Lipinski definition) is 2. The van der Waals surface area contributed by atoms with Crippen LogP contribution < -0.4 is 5.73 Å². The van der Waals surface area contributed by atoms with Gasteiger partial charge in [0.25, 0.3) is 0 Å². The van der Waals surface area contributed by atoms with Gasteiger partial charge in [0.2, 0.25) is 0 Å². The van der Waals surface area contributed by atoms with Gasteiger partial charge in [0, 0.05) is 11.9 Å². The molecule has 1 heterocycles. The van der Waals surface area contributed by atoms with Crippen LogP contribution >= 0.6 is 0 Å². The van der Waals surface area contributed by atoms with Gasteiger partial charge in [-0.3, -0.25) is 9.78 Å². The summed E-state index contributed by atoms with van der Waals surface area (Å²) in [5, 5.41) is 8.54. The van der Waals surface area contributed by atoms with Crippen molar-refractivity contribution in [2.45, 2.75) is 25.3 Å². The molecule has 4 nitrogen and oxygen atoms in total. The summed E-state index contributed by atoms with van der Waals surface area (Å²) in [5.41, 5.74) is 6.34. The van der Waals surface area contributed by atoms with Gasteiger partial charge in [-0.25, -0.2) is 0 Å². The molecule has 0 radical (unpaired) electrons. The van der Waals surface area contributed by atoms with Crippen molar-refractivity contribution >= 4 is 5.97 Å². The van der Waals surface area contributed by atoms with Crippen molar-refractivity contribution in [3.05, 3.63) is 30.1 Å². The first kappa shape index (κ1) is 10.7. The third-order valence-corrected chi connectivity index (χ3v) is 1.99. The summed E-state index contributed by atoms with van der Waals surface area (Å²) in [7, 11) is 0. The Hall–Kier alpha value is -1.42. The number of carbonyl (C=O) groups is 1. The maximum Gasteiger partial charge on any atom is 0.320 e. The molecule has 14 heavy (non-hydrogen) atoms. The summed E-state index contributed by atoms with van der Waals surface area (Å²) in [6.07, 6.45) is 3.75. The highest BCUT2D eigenvalue weighted by Gasteiger charge is 2.10. The predicted molar refractivity (Wildman–Crippen MR) is 52.8 cm³/mol. The molecular weight excluding hydrogens is 180 g/mol. The number of nitrogens with zero attached hydrogens (tertiary/aromatic N) is 1. The van der Waals surface area contributed by atoms with E-state index >= 15 is 0 Å². The van der Waals surface area contributed by atoms with Crippen LogP contribution in [0.25, 0.3) is 0 Å². The first-order valence-electron chi connectivity index (χ1n) is 4.58. The molecule has 0 unspecified atom stereocenters. The highest BCUT2D eigenvalue weighted by atomic mass is 16.4. The fourth-order valence-electron chi connectivity index (χ4n) is 1.17. The Kier molecular flexibility index (Phi) is 4.07. The number of rotatable bonds is 5. The SMILES string of the molecule is N[C@@H](CCCc1ccccn1)C(=O)O. The molecule has 0 aliphatic carbocycles. The van der Waals surface area contributed by atoms with Gasteiger partial charge in [0.1, 0.15) is 6.04 Å². The average Bonchev–Trinajstić information content (AvgIpc) is 2.19. The molecule has 1 aromatic heterocycles. The van der Waals surface area contributed by atoms with E-state index in [1.54, 1.807) is 6.20 Å². The van der Waals surface area contributed by atoms with Gasteiger partial charge in [-0.05, 0) is 31.4 Å². The molecule has 1 rings (SSSR count).